The molecular weight excluding hydrogens is 316 g/mol. The number of carbonyl (C=O) groups is 2. The van der Waals surface area contributed by atoms with Crippen LogP contribution in [0.5, 0.6) is 0 Å². The molecule has 6 nitrogen and oxygen atoms in total. The molecule has 1 rings (SSSR count). The van der Waals surface area contributed by atoms with E-state index in [9.17, 15) is 9.59 Å². The number of aromatic carboxylic acids is 1. The number of nitrogens with two attached hydrogens (primary N) is 1. The number of hydrogen-bond donors (Lipinski definition) is 3. The summed E-state index contributed by atoms with van der Waals surface area (Å²) in [6.07, 6.45) is 0.356. The van der Waals surface area contributed by atoms with Crippen molar-refractivity contribution in [2.75, 3.05) is 19.0 Å². The van der Waals surface area contributed by atoms with Crippen molar-refractivity contribution in [3.8, 4) is 0 Å². The van der Waals surface area contributed by atoms with E-state index in [0.29, 0.717) is 17.5 Å². The van der Waals surface area contributed by atoms with Crippen LogP contribution in [0.1, 0.15) is 16.8 Å². The Morgan fingerprint density at radius 2 is 2.21 bits per heavy atom. The van der Waals surface area contributed by atoms with Crippen molar-refractivity contribution < 1.29 is 19.4 Å². The fourth-order valence-electron chi connectivity index (χ4n) is 1.42. The van der Waals surface area contributed by atoms with E-state index >= 15 is 0 Å². The minimum absolute atomic E-state index is 0.00154. The van der Waals surface area contributed by atoms with Crippen molar-refractivity contribution in [1.29, 1.82) is 0 Å². The lowest BCUT2D eigenvalue weighted by Gasteiger charge is -2.14. The predicted octanol–water partition coefficient (Wildman–Crippen LogP) is 1.45. The van der Waals surface area contributed by atoms with E-state index in [1.165, 1.54) is 13.2 Å². The number of carboxylic acid groups (broad SMARTS) is 1. The van der Waals surface area contributed by atoms with E-state index in [1.807, 2.05) is 0 Å². The molecule has 0 bridgehead atoms. The first-order valence-corrected chi connectivity index (χ1v) is 6.34. The number of benzene rings is 1. The molecule has 1 aromatic rings. The molecule has 1 unspecified atom stereocenters. The first-order valence-electron chi connectivity index (χ1n) is 5.54. The Kier molecular flexibility index (Phi) is 5.94. The third-order valence-corrected chi connectivity index (χ3v) is 3.12. The number of anilines is 1. The summed E-state index contributed by atoms with van der Waals surface area (Å²) in [6.45, 7) is 0.357. The van der Waals surface area contributed by atoms with E-state index in [0.717, 1.165) is 0 Å². The molecule has 1 atom stereocenters. The topological polar surface area (TPSA) is 102 Å². The van der Waals surface area contributed by atoms with E-state index in [4.69, 9.17) is 15.6 Å². The van der Waals surface area contributed by atoms with Gasteiger partial charge in [0.25, 0.3) is 0 Å². The van der Waals surface area contributed by atoms with Crippen LogP contribution < -0.4 is 11.1 Å². The summed E-state index contributed by atoms with van der Waals surface area (Å²) < 4.78 is 5.32. The van der Waals surface area contributed by atoms with Crippen molar-refractivity contribution in [2.45, 2.75) is 12.5 Å². The Bertz CT molecular complexity index is 479. The number of hydrogen-bond acceptors (Lipinski definition) is 4. The van der Waals surface area contributed by atoms with Crippen LogP contribution in [0.2, 0.25) is 0 Å². The second-order valence-electron chi connectivity index (χ2n) is 3.84. The van der Waals surface area contributed by atoms with Crippen LogP contribution in [0.3, 0.4) is 0 Å². The molecule has 0 saturated heterocycles. The maximum absolute atomic E-state index is 11.8. The molecule has 0 radical (unpaired) electrons. The lowest BCUT2D eigenvalue weighted by Crippen LogP contribution is -2.37. The monoisotopic (exact) mass is 330 g/mol. The minimum atomic E-state index is -1.12. The third kappa shape index (κ3) is 4.30. The first kappa shape index (κ1) is 15.6. The quantitative estimate of drug-likeness (QED) is 0.732. The summed E-state index contributed by atoms with van der Waals surface area (Å²) in [4.78, 5) is 22.9. The number of nitrogens with one attached hydrogen (secondary N) is 1. The van der Waals surface area contributed by atoms with Gasteiger partial charge >= 0.3 is 5.97 Å². The van der Waals surface area contributed by atoms with Crippen molar-refractivity contribution >= 4 is 33.5 Å². The number of para-hydroxylation sites is 1. The largest absolute Gasteiger partial charge is 0.478 e. The van der Waals surface area contributed by atoms with Gasteiger partial charge in [-0.2, -0.15) is 0 Å². The molecular formula is C12H15BrN2O4. The molecule has 19 heavy (non-hydrogen) atoms. The number of carbonyl (C=O) groups excluding carboxylic acids is 1. The molecule has 0 spiro atoms. The van der Waals surface area contributed by atoms with Crippen LogP contribution in [0.4, 0.5) is 5.69 Å². The van der Waals surface area contributed by atoms with Crippen LogP contribution in [0.25, 0.3) is 0 Å². The lowest BCUT2D eigenvalue weighted by atomic mass is 10.1. The third-order valence-electron chi connectivity index (χ3n) is 2.46. The maximum atomic E-state index is 11.8. The molecule has 0 aliphatic carbocycles. The SMILES string of the molecule is COCCC(N)C(=O)Nc1c(Br)cccc1C(=O)O. The van der Waals surface area contributed by atoms with Gasteiger partial charge in [0.05, 0.1) is 17.3 Å². The molecule has 1 amide bonds. The summed E-state index contributed by atoms with van der Waals surface area (Å²) in [5.74, 6) is -1.58. The zero-order valence-electron chi connectivity index (χ0n) is 10.4. The average Bonchev–Trinajstić information content (AvgIpc) is 2.37. The van der Waals surface area contributed by atoms with Crippen molar-refractivity contribution in [3.63, 3.8) is 0 Å². The maximum Gasteiger partial charge on any atom is 0.337 e. The second-order valence-corrected chi connectivity index (χ2v) is 4.70. The highest BCUT2D eigenvalue weighted by Gasteiger charge is 2.19. The van der Waals surface area contributed by atoms with Gasteiger partial charge in [0.15, 0.2) is 0 Å². The van der Waals surface area contributed by atoms with Crippen LogP contribution >= 0.6 is 15.9 Å². The molecule has 0 aliphatic rings. The lowest BCUT2D eigenvalue weighted by molar-refractivity contribution is -0.117. The summed E-state index contributed by atoms with van der Waals surface area (Å²) in [5, 5.41) is 11.6. The second kappa shape index (κ2) is 7.22. The van der Waals surface area contributed by atoms with E-state index in [1.54, 1.807) is 12.1 Å². The molecule has 0 aromatic heterocycles. The Morgan fingerprint density at radius 1 is 1.53 bits per heavy atom. The van der Waals surface area contributed by atoms with E-state index in [2.05, 4.69) is 21.2 Å². The molecule has 0 saturated carbocycles. The Morgan fingerprint density at radius 3 is 2.79 bits per heavy atom. The molecule has 104 valence electrons. The summed E-state index contributed by atoms with van der Waals surface area (Å²) in [6, 6.07) is 3.87. The van der Waals surface area contributed by atoms with Crippen LogP contribution in [0, 0.1) is 0 Å². The van der Waals surface area contributed by atoms with Crippen molar-refractivity contribution in [3.05, 3.63) is 28.2 Å². The number of rotatable bonds is 6. The van der Waals surface area contributed by atoms with Gasteiger partial charge < -0.3 is 20.9 Å². The number of methoxy groups -OCH3 is 1. The smallest absolute Gasteiger partial charge is 0.337 e. The zero-order valence-corrected chi connectivity index (χ0v) is 11.9. The molecule has 7 heteroatoms. The fraction of sp³-hybridized carbons (Fsp3) is 0.333. The molecule has 0 fully saturated rings. The first-order chi connectivity index (χ1) is 8.97. The van der Waals surface area contributed by atoms with Crippen LogP contribution in [0.15, 0.2) is 22.7 Å². The Hall–Kier alpha value is -1.44. The average molecular weight is 331 g/mol. The molecule has 0 heterocycles. The van der Waals surface area contributed by atoms with Crippen molar-refractivity contribution in [2.24, 2.45) is 5.73 Å². The van der Waals surface area contributed by atoms with Gasteiger partial charge in [0.1, 0.15) is 0 Å². The number of amides is 1. The van der Waals surface area contributed by atoms with Gasteiger partial charge in [-0.1, -0.05) is 6.07 Å². The van der Waals surface area contributed by atoms with Gasteiger partial charge in [0.2, 0.25) is 5.91 Å². The Labute approximate surface area is 119 Å². The number of halogens is 1. The highest BCUT2D eigenvalue weighted by atomic mass is 79.9. The molecule has 1 aromatic carbocycles. The summed E-state index contributed by atoms with van der Waals surface area (Å²) in [5.41, 5.74) is 5.88. The molecule has 0 aliphatic heterocycles. The van der Waals surface area contributed by atoms with E-state index in [-0.39, 0.29) is 11.3 Å². The van der Waals surface area contributed by atoms with Crippen LogP contribution in [-0.4, -0.2) is 36.7 Å². The van der Waals surface area contributed by atoms with Crippen LogP contribution in [-0.2, 0) is 9.53 Å². The normalized spacial score (nSPS) is 11.9. The number of ether oxygens (including phenoxy) is 1. The van der Waals surface area contributed by atoms with E-state index < -0.39 is 17.9 Å². The predicted molar refractivity (Wildman–Crippen MR) is 74.2 cm³/mol. The fourth-order valence-corrected chi connectivity index (χ4v) is 1.89. The van der Waals surface area contributed by atoms with Crippen molar-refractivity contribution in [1.82, 2.24) is 0 Å². The molecule has 4 N–H and O–H groups in total. The Balaban J connectivity index is 2.87. The summed E-state index contributed by atoms with van der Waals surface area (Å²) in [7, 11) is 1.51. The highest BCUT2D eigenvalue weighted by molar-refractivity contribution is 9.10. The van der Waals surface area contributed by atoms with Gasteiger partial charge in [0, 0.05) is 18.2 Å². The van der Waals surface area contributed by atoms with Gasteiger partial charge in [-0.15, -0.1) is 0 Å². The van der Waals surface area contributed by atoms with Gasteiger partial charge in [-0.05, 0) is 34.5 Å². The minimum Gasteiger partial charge on any atom is -0.478 e. The number of carboxylic acids is 1. The van der Waals surface area contributed by atoms with Gasteiger partial charge in [-0.25, -0.2) is 4.79 Å². The standard InChI is InChI=1S/C12H15BrN2O4/c1-19-6-5-9(14)11(16)15-10-7(12(17)18)3-2-4-8(10)13/h2-4,9H,5-6,14H2,1H3,(H,15,16)(H,17,18). The zero-order chi connectivity index (χ0) is 14.4. The summed E-state index contributed by atoms with van der Waals surface area (Å²) >= 11 is 3.20. The highest BCUT2D eigenvalue weighted by Crippen LogP contribution is 2.26. The van der Waals surface area contributed by atoms with Gasteiger partial charge in [-0.3, -0.25) is 4.79 Å².